The summed E-state index contributed by atoms with van der Waals surface area (Å²) >= 11 is 0. The molecule has 0 amide bonds. The summed E-state index contributed by atoms with van der Waals surface area (Å²) in [6.07, 6.45) is 3.81. The van der Waals surface area contributed by atoms with Gasteiger partial charge in [-0.2, -0.15) is 0 Å². The van der Waals surface area contributed by atoms with Crippen molar-refractivity contribution in [2.45, 2.75) is 52.2 Å². The highest BCUT2D eigenvalue weighted by Gasteiger charge is 2.01. The maximum atomic E-state index is 5.47. The Morgan fingerprint density at radius 1 is 1.13 bits per heavy atom. The van der Waals surface area contributed by atoms with E-state index in [2.05, 4.69) is 12.2 Å². The minimum absolute atomic E-state index is 0.308. The van der Waals surface area contributed by atoms with Crippen LogP contribution in [0.3, 0.4) is 0 Å². The van der Waals surface area contributed by atoms with Gasteiger partial charge in [-0.05, 0) is 40.2 Å². The van der Waals surface area contributed by atoms with E-state index in [4.69, 9.17) is 9.47 Å². The Labute approximate surface area is 94.5 Å². The molecule has 1 N–H and O–H groups in total. The van der Waals surface area contributed by atoms with Gasteiger partial charge in [-0.1, -0.05) is 6.92 Å². The molecule has 0 bridgehead atoms. The fourth-order valence-electron chi connectivity index (χ4n) is 1.43. The van der Waals surface area contributed by atoms with E-state index >= 15 is 0 Å². The van der Waals surface area contributed by atoms with Crippen LogP contribution in [0.15, 0.2) is 0 Å². The summed E-state index contributed by atoms with van der Waals surface area (Å²) in [6, 6.07) is 0.639. The second-order valence-electron chi connectivity index (χ2n) is 4.07. The molecule has 1 atom stereocenters. The quantitative estimate of drug-likeness (QED) is 0.569. The van der Waals surface area contributed by atoms with Crippen molar-refractivity contribution in [2.75, 3.05) is 26.9 Å². The molecule has 15 heavy (non-hydrogen) atoms. The molecule has 92 valence electrons. The highest BCUT2D eigenvalue weighted by Crippen LogP contribution is 2.00. The average Bonchev–Trinajstić information content (AvgIpc) is 2.22. The summed E-state index contributed by atoms with van der Waals surface area (Å²) in [5, 5.41) is 3.29. The molecule has 0 spiro atoms. The molecule has 0 aromatic carbocycles. The van der Waals surface area contributed by atoms with E-state index in [0.29, 0.717) is 25.4 Å². The first-order chi connectivity index (χ1) is 7.20. The lowest BCUT2D eigenvalue weighted by Crippen LogP contribution is -2.24. The first-order valence-corrected chi connectivity index (χ1v) is 6.07. The Kier molecular flexibility index (Phi) is 10.3. The number of rotatable bonds is 10. The Hall–Kier alpha value is -0.120. The van der Waals surface area contributed by atoms with Crippen LogP contribution in [0.4, 0.5) is 0 Å². The third-order valence-corrected chi connectivity index (χ3v) is 2.42. The Morgan fingerprint density at radius 2 is 1.87 bits per heavy atom. The molecule has 0 aliphatic rings. The normalized spacial score (nSPS) is 13.4. The van der Waals surface area contributed by atoms with E-state index in [9.17, 15) is 0 Å². The van der Waals surface area contributed by atoms with E-state index < -0.39 is 0 Å². The van der Waals surface area contributed by atoms with Crippen LogP contribution < -0.4 is 5.32 Å². The number of ether oxygens (including phenoxy) is 2. The van der Waals surface area contributed by atoms with Crippen LogP contribution >= 0.6 is 0 Å². The second-order valence-corrected chi connectivity index (χ2v) is 4.07. The van der Waals surface area contributed by atoms with Crippen LogP contribution in [0.25, 0.3) is 0 Å². The molecule has 0 aliphatic heterocycles. The standard InChI is InChI=1S/C12H27NO2/c1-5-12(13-4)7-6-8-14-9-10-15-11(2)3/h11-13H,5-10H2,1-4H3. The maximum Gasteiger partial charge on any atom is 0.0703 e. The van der Waals surface area contributed by atoms with Crippen molar-refractivity contribution in [1.82, 2.24) is 5.32 Å². The zero-order chi connectivity index (χ0) is 11.5. The summed E-state index contributed by atoms with van der Waals surface area (Å²) in [5.41, 5.74) is 0. The monoisotopic (exact) mass is 217 g/mol. The van der Waals surface area contributed by atoms with Gasteiger partial charge in [0.25, 0.3) is 0 Å². The number of hydrogen-bond donors (Lipinski definition) is 1. The molecule has 3 nitrogen and oxygen atoms in total. The van der Waals surface area contributed by atoms with Gasteiger partial charge in [0.1, 0.15) is 0 Å². The third-order valence-electron chi connectivity index (χ3n) is 2.42. The van der Waals surface area contributed by atoms with Crippen LogP contribution in [-0.2, 0) is 9.47 Å². The van der Waals surface area contributed by atoms with E-state index in [1.807, 2.05) is 20.9 Å². The van der Waals surface area contributed by atoms with Gasteiger partial charge in [-0.15, -0.1) is 0 Å². The highest BCUT2D eigenvalue weighted by molar-refractivity contribution is 4.60. The van der Waals surface area contributed by atoms with E-state index in [1.165, 1.54) is 12.8 Å². The fraction of sp³-hybridized carbons (Fsp3) is 1.00. The lowest BCUT2D eigenvalue weighted by Gasteiger charge is -2.13. The minimum atomic E-state index is 0.308. The second kappa shape index (κ2) is 10.4. The lowest BCUT2D eigenvalue weighted by molar-refractivity contribution is 0.0183. The predicted octanol–water partition coefficient (Wildman–Crippen LogP) is 2.21. The van der Waals surface area contributed by atoms with Crippen molar-refractivity contribution in [3.63, 3.8) is 0 Å². The highest BCUT2D eigenvalue weighted by atomic mass is 16.5. The summed E-state index contributed by atoms with van der Waals surface area (Å²) < 4.78 is 10.8. The van der Waals surface area contributed by atoms with Gasteiger partial charge in [0, 0.05) is 12.6 Å². The average molecular weight is 217 g/mol. The van der Waals surface area contributed by atoms with Crippen molar-refractivity contribution in [2.24, 2.45) is 0 Å². The van der Waals surface area contributed by atoms with Crippen LogP contribution in [0.5, 0.6) is 0 Å². The molecule has 0 fully saturated rings. The van der Waals surface area contributed by atoms with E-state index in [1.54, 1.807) is 0 Å². The lowest BCUT2D eigenvalue weighted by atomic mass is 10.1. The van der Waals surface area contributed by atoms with Crippen LogP contribution in [0, 0.1) is 0 Å². The van der Waals surface area contributed by atoms with Gasteiger partial charge in [0.05, 0.1) is 19.3 Å². The molecule has 0 saturated carbocycles. The summed E-state index contributed by atoms with van der Waals surface area (Å²) in [4.78, 5) is 0. The largest absolute Gasteiger partial charge is 0.379 e. The molecule has 0 aromatic heterocycles. The van der Waals surface area contributed by atoms with Gasteiger partial charge in [0.2, 0.25) is 0 Å². The molecule has 0 radical (unpaired) electrons. The third kappa shape index (κ3) is 10.2. The van der Waals surface area contributed by atoms with Crippen LogP contribution in [-0.4, -0.2) is 39.0 Å². The van der Waals surface area contributed by atoms with Gasteiger partial charge in [-0.3, -0.25) is 0 Å². The Bertz CT molecular complexity index is 125. The van der Waals surface area contributed by atoms with Crippen molar-refractivity contribution in [3.05, 3.63) is 0 Å². The Morgan fingerprint density at radius 3 is 2.40 bits per heavy atom. The molecule has 1 unspecified atom stereocenters. The summed E-state index contributed by atoms with van der Waals surface area (Å²) in [7, 11) is 2.02. The van der Waals surface area contributed by atoms with Crippen LogP contribution in [0.1, 0.15) is 40.0 Å². The molecule has 0 heterocycles. The van der Waals surface area contributed by atoms with Crippen LogP contribution in [0.2, 0.25) is 0 Å². The Balaban J connectivity index is 3.10. The number of hydrogen-bond acceptors (Lipinski definition) is 3. The van der Waals surface area contributed by atoms with Crippen molar-refractivity contribution < 1.29 is 9.47 Å². The van der Waals surface area contributed by atoms with Crippen molar-refractivity contribution in [3.8, 4) is 0 Å². The molecular weight excluding hydrogens is 190 g/mol. The summed E-state index contributed by atoms with van der Waals surface area (Å²) in [5.74, 6) is 0. The molecule has 3 heteroatoms. The number of nitrogens with one attached hydrogen (secondary N) is 1. The SMILES string of the molecule is CCC(CCCOCCOC(C)C)NC. The van der Waals surface area contributed by atoms with Crippen molar-refractivity contribution in [1.29, 1.82) is 0 Å². The van der Waals surface area contributed by atoms with Gasteiger partial charge in [0.15, 0.2) is 0 Å². The molecule has 0 aliphatic carbocycles. The smallest absolute Gasteiger partial charge is 0.0703 e. The zero-order valence-electron chi connectivity index (χ0n) is 10.7. The topological polar surface area (TPSA) is 30.5 Å². The van der Waals surface area contributed by atoms with E-state index in [0.717, 1.165) is 13.0 Å². The maximum absolute atomic E-state index is 5.47. The first-order valence-electron chi connectivity index (χ1n) is 6.07. The van der Waals surface area contributed by atoms with Gasteiger partial charge in [-0.25, -0.2) is 0 Å². The molecule has 0 rings (SSSR count). The minimum Gasteiger partial charge on any atom is -0.379 e. The zero-order valence-corrected chi connectivity index (χ0v) is 10.7. The first kappa shape index (κ1) is 14.9. The summed E-state index contributed by atoms with van der Waals surface area (Å²) in [6.45, 7) is 8.56. The molecule has 0 saturated heterocycles. The van der Waals surface area contributed by atoms with E-state index in [-0.39, 0.29) is 0 Å². The van der Waals surface area contributed by atoms with Gasteiger partial charge >= 0.3 is 0 Å². The molecular formula is C12H27NO2. The predicted molar refractivity (Wildman–Crippen MR) is 64.3 cm³/mol. The van der Waals surface area contributed by atoms with Crippen molar-refractivity contribution >= 4 is 0 Å². The fourth-order valence-corrected chi connectivity index (χ4v) is 1.43. The molecule has 0 aromatic rings. The van der Waals surface area contributed by atoms with Gasteiger partial charge < -0.3 is 14.8 Å².